The van der Waals surface area contributed by atoms with E-state index in [1.54, 1.807) is 25.3 Å². The van der Waals surface area contributed by atoms with Crippen LogP contribution in [0.25, 0.3) is 0 Å². The number of carbonyl (C=O) groups excluding carboxylic acids is 1. The Labute approximate surface area is 145 Å². The van der Waals surface area contributed by atoms with E-state index in [-0.39, 0.29) is 17.6 Å². The number of halogens is 2. The molecule has 2 aromatic rings. The van der Waals surface area contributed by atoms with Gasteiger partial charge in [-0.3, -0.25) is 4.79 Å². The third-order valence-corrected chi connectivity index (χ3v) is 3.37. The molecular weight excluding hydrogens is 328 g/mol. The minimum absolute atomic E-state index is 0.136. The lowest BCUT2D eigenvalue weighted by Crippen LogP contribution is -2.15. The zero-order valence-electron chi connectivity index (χ0n) is 14.8. The number of hydrogen-bond donors (Lipinski definition) is 2. The molecule has 134 valence electrons. The molecular formula is C17H21F2N5O. The summed E-state index contributed by atoms with van der Waals surface area (Å²) in [4.78, 5) is 23.1. The molecule has 0 unspecified atom stereocenters. The van der Waals surface area contributed by atoms with Crippen LogP contribution in [0.15, 0.2) is 18.3 Å². The van der Waals surface area contributed by atoms with E-state index < -0.39 is 11.7 Å². The molecule has 1 amide bonds. The molecule has 0 radical (unpaired) electrons. The number of amides is 1. The van der Waals surface area contributed by atoms with E-state index >= 15 is 0 Å². The van der Waals surface area contributed by atoms with Gasteiger partial charge in [-0.2, -0.15) is 8.78 Å². The second-order valence-electron chi connectivity index (χ2n) is 6.22. The summed E-state index contributed by atoms with van der Waals surface area (Å²) in [6.07, 6.45) is 1.64. The standard InChI is InChI=1S/C17H21F2N5O/c1-9(2)12-8-20-14(22-11(4)25)7-13(12)23-15-6-10(3)21-16(24-15)17(5,18)19/h6-9H,1-5H3,(H2,20,21,22,23,24,25). The molecule has 0 bridgehead atoms. The van der Waals surface area contributed by atoms with E-state index in [2.05, 4.69) is 25.6 Å². The molecule has 0 atom stereocenters. The molecule has 0 aliphatic carbocycles. The maximum absolute atomic E-state index is 13.6. The van der Waals surface area contributed by atoms with Gasteiger partial charge in [0.25, 0.3) is 0 Å². The fraction of sp³-hybridized carbons (Fsp3) is 0.412. The number of aromatic nitrogens is 3. The zero-order valence-corrected chi connectivity index (χ0v) is 14.8. The van der Waals surface area contributed by atoms with Crippen molar-refractivity contribution in [2.45, 2.75) is 46.5 Å². The third-order valence-electron chi connectivity index (χ3n) is 3.37. The average Bonchev–Trinajstić information content (AvgIpc) is 2.44. The van der Waals surface area contributed by atoms with Crippen LogP contribution in [0.5, 0.6) is 0 Å². The van der Waals surface area contributed by atoms with Crippen molar-refractivity contribution >= 4 is 23.2 Å². The normalized spacial score (nSPS) is 11.5. The number of alkyl halides is 2. The molecule has 0 saturated heterocycles. The van der Waals surface area contributed by atoms with Crippen molar-refractivity contribution in [1.82, 2.24) is 15.0 Å². The Kier molecular flexibility index (Phi) is 5.30. The molecule has 2 heterocycles. The molecule has 0 aliphatic rings. The van der Waals surface area contributed by atoms with E-state index in [4.69, 9.17) is 0 Å². The van der Waals surface area contributed by atoms with Gasteiger partial charge in [-0.15, -0.1) is 0 Å². The number of aryl methyl sites for hydroxylation is 1. The molecule has 0 spiro atoms. The summed E-state index contributed by atoms with van der Waals surface area (Å²) in [5.41, 5.74) is 1.93. The largest absolute Gasteiger partial charge is 0.340 e. The highest BCUT2D eigenvalue weighted by molar-refractivity contribution is 5.88. The minimum Gasteiger partial charge on any atom is -0.340 e. The van der Waals surface area contributed by atoms with Gasteiger partial charge in [-0.1, -0.05) is 13.8 Å². The molecule has 0 fully saturated rings. The smallest absolute Gasteiger partial charge is 0.303 e. The van der Waals surface area contributed by atoms with Gasteiger partial charge < -0.3 is 10.6 Å². The maximum Gasteiger partial charge on any atom is 0.303 e. The molecule has 2 rings (SSSR count). The van der Waals surface area contributed by atoms with Gasteiger partial charge >= 0.3 is 5.92 Å². The van der Waals surface area contributed by atoms with E-state index in [0.717, 1.165) is 12.5 Å². The molecule has 0 aromatic carbocycles. The van der Waals surface area contributed by atoms with Crippen LogP contribution in [0.3, 0.4) is 0 Å². The highest BCUT2D eigenvalue weighted by Gasteiger charge is 2.29. The number of anilines is 3. The third kappa shape index (κ3) is 4.91. The zero-order chi connectivity index (χ0) is 18.8. The molecule has 2 aromatic heterocycles. The van der Waals surface area contributed by atoms with Crippen LogP contribution in [0.2, 0.25) is 0 Å². The van der Waals surface area contributed by atoms with Gasteiger partial charge in [0, 0.05) is 43.6 Å². The van der Waals surface area contributed by atoms with Crippen LogP contribution in [0.1, 0.15) is 50.7 Å². The molecule has 6 nitrogen and oxygen atoms in total. The van der Waals surface area contributed by atoms with Gasteiger partial charge in [0.15, 0.2) is 0 Å². The fourth-order valence-corrected chi connectivity index (χ4v) is 2.25. The lowest BCUT2D eigenvalue weighted by molar-refractivity contribution is -0.114. The summed E-state index contributed by atoms with van der Waals surface area (Å²) in [6, 6.07) is 3.23. The first-order valence-corrected chi connectivity index (χ1v) is 7.85. The van der Waals surface area contributed by atoms with Crippen molar-refractivity contribution in [1.29, 1.82) is 0 Å². The first-order chi connectivity index (χ1) is 11.6. The predicted molar refractivity (Wildman–Crippen MR) is 92.2 cm³/mol. The van der Waals surface area contributed by atoms with Gasteiger partial charge in [0.2, 0.25) is 11.7 Å². The van der Waals surface area contributed by atoms with Crippen molar-refractivity contribution in [3.63, 3.8) is 0 Å². The van der Waals surface area contributed by atoms with Crippen LogP contribution in [-0.2, 0) is 10.7 Å². The van der Waals surface area contributed by atoms with E-state index in [1.807, 2.05) is 13.8 Å². The van der Waals surface area contributed by atoms with Crippen LogP contribution < -0.4 is 10.6 Å². The number of pyridine rings is 1. The number of nitrogens with one attached hydrogen (secondary N) is 2. The van der Waals surface area contributed by atoms with Crippen molar-refractivity contribution in [2.24, 2.45) is 0 Å². The Morgan fingerprint density at radius 1 is 1.20 bits per heavy atom. The molecule has 2 N–H and O–H groups in total. The van der Waals surface area contributed by atoms with Crippen LogP contribution in [-0.4, -0.2) is 20.9 Å². The van der Waals surface area contributed by atoms with Crippen molar-refractivity contribution in [3.8, 4) is 0 Å². The van der Waals surface area contributed by atoms with Crippen molar-refractivity contribution in [3.05, 3.63) is 35.4 Å². The highest BCUT2D eigenvalue weighted by Crippen LogP contribution is 2.30. The Morgan fingerprint density at radius 2 is 1.88 bits per heavy atom. The number of hydrogen-bond acceptors (Lipinski definition) is 5. The summed E-state index contributed by atoms with van der Waals surface area (Å²) in [7, 11) is 0. The van der Waals surface area contributed by atoms with E-state index in [0.29, 0.717) is 17.2 Å². The predicted octanol–water partition coefficient (Wildman–Crippen LogP) is 4.12. The molecule has 8 heteroatoms. The number of nitrogens with zero attached hydrogens (tertiary/aromatic N) is 3. The first kappa shape index (κ1) is 18.7. The second-order valence-corrected chi connectivity index (χ2v) is 6.22. The fourth-order valence-electron chi connectivity index (χ4n) is 2.25. The van der Waals surface area contributed by atoms with E-state index in [9.17, 15) is 13.6 Å². The topological polar surface area (TPSA) is 79.8 Å². The highest BCUT2D eigenvalue weighted by atomic mass is 19.3. The second kappa shape index (κ2) is 7.08. The van der Waals surface area contributed by atoms with E-state index in [1.165, 1.54) is 6.92 Å². The summed E-state index contributed by atoms with van der Waals surface area (Å²) in [5, 5.41) is 5.65. The Hall–Kier alpha value is -2.64. The minimum atomic E-state index is -3.14. The maximum atomic E-state index is 13.6. The van der Waals surface area contributed by atoms with Crippen LogP contribution in [0, 0.1) is 6.92 Å². The van der Waals surface area contributed by atoms with Gasteiger partial charge in [0.05, 0.1) is 0 Å². The van der Waals surface area contributed by atoms with Crippen LogP contribution >= 0.6 is 0 Å². The van der Waals surface area contributed by atoms with Gasteiger partial charge in [-0.05, 0) is 18.4 Å². The van der Waals surface area contributed by atoms with Gasteiger partial charge in [-0.25, -0.2) is 15.0 Å². The summed E-state index contributed by atoms with van der Waals surface area (Å²) < 4.78 is 27.1. The first-order valence-electron chi connectivity index (χ1n) is 7.85. The lowest BCUT2D eigenvalue weighted by Gasteiger charge is -2.17. The lowest BCUT2D eigenvalue weighted by atomic mass is 10.0. The number of rotatable bonds is 5. The Bertz CT molecular complexity index is 787. The Morgan fingerprint density at radius 3 is 2.44 bits per heavy atom. The molecule has 0 saturated carbocycles. The Balaban J connectivity index is 2.44. The SMILES string of the molecule is CC(=O)Nc1cc(Nc2cc(C)nc(C(C)(F)F)n2)c(C(C)C)cn1. The summed E-state index contributed by atoms with van der Waals surface area (Å²) >= 11 is 0. The molecule has 25 heavy (non-hydrogen) atoms. The molecule has 0 aliphatic heterocycles. The van der Waals surface area contributed by atoms with Crippen LogP contribution in [0.4, 0.5) is 26.1 Å². The van der Waals surface area contributed by atoms with Crippen molar-refractivity contribution < 1.29 is 13.6 Å². The van der Waals surface area contributed by atoms with Crippen molar-refractivity contribution in [2.75, 3.05) is 10.6 Å². The summed E-state index contributed by atoms with van der Waals surface area (Å²) in [5.74, 6) is -3.17. The quantitative estimate of drug-likeness (QED) is 0.849. The summed E-state index contributed by atoms with van der Waals surface area (Å²) in [6.45, 7) is 7.73. The average molecular weight is 349 g/mol. The van der Waals surface area contributed by atoms with Gasteiger partial charge in [0.1, 0.15) is 11.6 Å². The monoisotopic (exact) mass is 349 g/mol. The number of carbonyl (C=O) groups is 1.